The highest BCUT2D eigenvalue weighted by Crippen LogP contribution is 2.52. The zero-order valence-electron chi connectivity index (χ0n) is 16.6. The minimum atomic E-state index is -0.0540. The number of nitrogens with zero attached hydrogens (tertiary/aromatic N) is 2. The van der Waals surface area contributed by atoms with Gasteiger partial charge in [-0.15, -0.1) is 0 Å². The van der Waals surface area contributed by atoms with Crippen molar-refractivity contribution in [3.63, 3.8) is 0 Å². The zero-order valence-corrected chi connectivity index (χ0v) is 16.6. The molecule has 0 aromatic carbocycles. The second-order valence-corrected chi connectivity index (χ2v) is 9.29. The smallest absolute Gasteiger partial charge is 0.257 e. The molecular formula is C21H32N2O3. The van der Waals surface area contributed by atoms with Crippen molar-refractivity contribution in [2.75, 3.05) is 19.6 Å². The third kappa shape index (κ3) is 3.97. The largest absolute Gasteiger partial charge is 0.472 e. The van der Waals surface area contributed by atoms with Crippen LogP contribution in [0.2, 0.25) is 0 Å². The first-order valence-electron chi connectivity index (χ1n) is 9.84. The van der Waals surface area contributed by atoms with Gasteiger partial charge in [0.15, 0.2) is 0 Å². The molecule has 2 amide bonds. The lowest BCUT2D eigenvalue weighted by molar-refractivity contribution is -0.132. The van der Waals surface area contributed by atoms with Crippen molar-refractivity contribution < 1.29 is 14.0 Å². The molecular weight excluding hydrogens is 328 g/mol. The van der Waals surface area contributed by atoms with E-state index < -0.39 is 0 Å². The number of carbonyl (C=O) groups excluding carboxylic acids is 2. The molecule has 26 heavy (non-hydrogen) atoms. The maximum absolute atomic E-state index is 12.9. The highest BCUT2D eigenvalue weighted by Gasteiger charge is 2.50. The van der Waals surface area contributed by atoms with Gasteiger partial charge in [-0.25, -0.2) is 0 Å². The van der Waals surface area contributed by atoms with E-state index in [9.17, 15) is 9.59 Å². The van der Waals surface area contributed by atoms with Gasteiger partial charge in [-0.1, -0.05) is 27.7 Å². The minimum absolute atomic E-state index is 0.0540. The topological polar surface area (TPSA) is 53.8 Å². The summed E-state index contributed by atoms with van der Waals surface area (Å²) >= 11 is 0. The summed E-state index contributed by atoms with van der Waals surface area (Å²) in [7, 11) is 0. The molecule has 5 nitrogen and oxygen atoms in total. The fourth-order valence-corrected chi connectivity index (χ4v) is 5.28. The van der Waals surface area contributed by atoms with E-state index in [1.807, 2.05) is 6.92 Å². The van der Waals surface area contributed by atoms with Crippen molar-refractivity contribution in [3.05, 3.63) is 24.2 Å². The molecule has 144 valence electrons. The van der Waals surface area contributed by atoms with Gasteiger partial charge in [0.2, 0.25) is 5.91 Å². The first-order chi connectivity index (χ1) is 12.2. The monoisotopic (exact) mass is 360 g/mol. The normalized spacial score (nSPS) is 26.8. The molecule has 2 bridgehead atoms. The molecule has 2 atom stereocenters. The number of rotatable bonds is 6. The molecule has 0 N–H and O–H groups in total. The number of hydrogen-bond acceptors (Lipinski definition) is 3. The van der Waals surface area contributed by atoms with Gasteiger partial charge < -0.3 is 14.2 Å². The van der Waals surface area contributed by atoms with Crippen molar-refractivity contribution in [1.82, 2.24) is 9.80 Å². The van der Waals surface area contributed by atoms with Crippen molar-refractivity contribution in [2.24, 2.45) is 10.8 Å². The number of likely N-dealkylation sites (tertiary alicyclic amines) is 1. The highest BCUT2D eigenvalue weighted by atomic mass is 16.3. The summed E-state index contributed by atoms with van der Waals surface area (Å²) in [4.78, 5) is 29.4. The molecule has 0 unspecified atom stereocenters. The highest BCUT2D eigenvalue weighted by molar-refractivity contribution is 5.94. The summed E-state index contributed by atoms with van der Waals surface area (Å²) in [5.41, 5.74) is 1.10. The average molecular weight is 360 g/mol. The fraction of sp³-hybridized carbons (Fsp3) is 0.714. The predicted octanol–water partition coefficient (Wildman–Crippen LogP) is 3.95. The minimum Gasteiger partial charge on any atom is -0.472 e. The number of fused-ring (bicyclic) bond motifs is 2. The molecule has 2 fully saturated rings. The molecule has 3 rings (SSSR count). The van der Waals surface area contributed by atoms with Crippen LogP contribution in [0.1, 0.15) is 70.2 Å². The molecule has 5 heteroatoms. The Balaban J connectivity index is 1.61. The van der Waals surface area contributed by atoms with Gasteiger partial charge >= 0.3 is 0 Å². The predicted molar refractivity (Wildman–Crippen MR) is 101 cm³/mol. The maximum atomic E-state index is 12.9. The van der Waals surface area contributed by atoms with Crippen LogP contribution in [0.4, 0.5) is 0 Å². The van der Waals surface area contributed by atoms with Gasteiger partial charge in [0.05, 0.1) is 11.8 Å². The van der Waals surface area contributed by atoms with E-state index in [0.717, 1.165) is 25.8 Å². The van der Waals surface area contributed by atoms with E-state index in [2.05, 4.69) is 25.7 Å². The number of furan rings is 1. The molecule has 1 aromatic rings. The van der Waals surface area contributed by atoms with E-state index in [0.29, 0.717) is 36.5 Å². The van der Waals surface area contributed by atoms with Crippen LogP contribution in [0.5, 0.6) is 0 Å². The standard InChI is InChI=1S/C21H32N2O3/c1-5-8-22(19(25)16-7-10-26-13-16)9-6-18(24)23-15-21(4)12-17(23)11-20(2,3)14-21/h7,10,13,17H,5-6,8-9,11-12,14-15H2,1-4H3/t17-,21-/m1/s1. The summed E-state index contributed by atoms with van der Waals surface area (Å²) < 4.78 is 5.03. The van der Waals surface area contributed by atoms with Crippen LogP contribution in [0, 0.1) is 10.8 Å². The summed E-state index contributed by atoms with van der Waals surface area (Å²) in [6, 6.07) is 2.04. The lowest BCUT2D eigenvalue weighted by Crippen LogP contribution is -2.40. The van der Waals surface area contributed by atoms with Crippen LogP contribution in [-0.4, -0.2) is 47.3 Å². The average Bonchev–Trinajstić information content (AvgIpc) is 3.15. The van der Waals surface area contributed by atoms with E-state index in [1.165, 1.54) is 18.9 Å². The van der Waals surface area contributed by atoms with E-state index >= 15 is 0 Å². The van der Waals surface area contributed by atoms with Crippen LogP contribution in [0.3, 0.4) is 0 Å². The van der Waals surface area contributed by atoms with Gasteiger partial charge in [-0.2, -0.15) is 0 Å². The quantitative estimate of drug-likeness (QED) is 0.772. The Bertz CT molecular complexity index is 652. The van der Waals surface area contributed by atoms with Gasteiger partial charge in [-0.3, -0.25) is 9.59 Å². The van der Waals surface area contributed by atoms with Crippen LogP contribution < -0.4 is 0 Å². The third-order valence-corrected chi connectivity index (χ3v) is 5.88. The van der Waals surface area contributed by atoms with Crippen molar-refractivity contribution in [2.45, 2.75) is 65.8 Å². The lowest BCUT2D eigenvalue weighted by Gasteiger charge is -2.39. The van der Waals surface area contributed by atoms with E-state index in [-0.39, 0.29) is 17.2 Å². The molecule has 1 aromatic heterocycles. The second-order valence-electron chi connectivity index (χ2n) is 9.29. The van der Waals surface area contributed by atoms with Crippen LogP contribution in [0.25, 0.3) is 0 Å². The van der Waals surface area contributed by atoms with Crippen LogP contribution in [-0.2, 0) is 4.79 Å². The van der Waals surface area contributed by atoms with Crippen molar-refractivity contribution in [1.29, 1.82) is 0 Å². The summed E-state index contributed by atoms with van der Waals surface area (Å²) in [5.74, 6) is 0.138. The molecule has 1 saturated heterocycles. The Morgan fingerprint density at radius 1 is 1.27 bits per heavy atom. The van der Waals surface area contributed by atoms with Gasteiger partial charge in [-0.05, 0) is 42.6 Å². The SMILES string of the molecule is CCCN(CCC(=O)N1C[C@]2(C)C[C@H]1CC(C)(C)C2)C(=O)c1ccoc1. The number of carbonyl (C=O) groups is 2. The molecule has 1 saturated carbocycles. The fourth-order valence-electron chi connectivity index (χ4n) is 5.28. The lowest BCUT2D eigenvalue weighted by atomic mass is 9.65. The van der Waals surface area contributed by atoms with Gasteiger partial charge in [0.25, 0.3) is 5.91 Å². The number of hydrogen-bond donors (Lipinski definition) is 0. The zero-order chi connectivity index (χ0) is 18.9. The third-order valence-electron chi connectivity index (χ3n) is 5.88. The Hall–Kier alpha value is -1.78. The summed E-state index contributed by atoms with van der Waals surface area (Å²) in [5, 5.41) is 0. The van der Waals surface area contributed by atoms with Crippen LogP contribution >= 0.6 is 0 Å². The Morgan fingerprint density at radius 3 is 2.69 bits per heavy atom. The molecule has 0 radical (unpaired) electrons. The van der Waals surface area contributed by atoms with Crippen molar-refractivity contribution >= 4 is 11.8 Å². The first kappa shape index (κ1) is 19.0. The van der Waals surface area contributed by atoms with Gasteiger partial charge in [0, 0.05) is 32.1 Å². The molecule has 1 aliphatic carbocycles. The Labute approximate surface area is 156 Å². The summed E-state index contributed by atoms with van der Waals surface area (Å²) in [6.45, 7) is 11.0. The molecule has 2 heterocycles. The second kappa shape index (κ2) is 7.09. The Kier molecular flexibility index (Phi) is 5.18. The number of amides is 2. The van der Waals surface area contributed by atoms with Crippen LogP contribution in [0.15, 0.2) is 23.0 Å². The maximum Gasteiger partial charge on any atom is 0.257 e. The molecule has 2 aliphatic rings. The summed E-state index contributed by atoms with van der Waals surface area (Å²) in [6.07, 6.45) is 7.64. The first-order valence-corrected chi connectivity index (χ1v) is 9.84. The van der Waals surface area contributed by atoms with Gasteiger partial charge in [0.1, 0.15) is 6.26 Å². The van der Waals surface area contributed by atoms with E-state index in [1.54, 1.807) is 11.0 Å². The van der Waals surface area contributed by atoms with Crippen molar-refractivity contribution in [3.8, 4) is 0 Å². The molecule has 1 aliphatic heterocycles. The molecule has 0 spiro atoms. The Morgan fingerprint density at radius 2 is 2.04 bits per heavy atom. The van der Waals surface area contributed by atoms with E-state index in [4.69, 9.17) is 4.42 Å².